The van der Waals surface area contributed by atoms with E-state index in [0.29, 0.717) is 5.92 Å². The number of pyridine rings is 1. The molecule has 3 atom stereocenters. The molecule has 5 aromatic rings. The van der Waals surface area contributed by atoms with Crippen molar-refractivity contribution < 1.29 is 0 Å². The van der Waals surface area contributed by atoms with Crippen molar-refractivity contribution >= 4 is 33.7 Å². The van der Waals surface area contributed by atoms with Gasteiger partial charge in [-0.1, -0.05) is 140 Å². The second kappa shape index (κ2) is 13.4. The monoisotopic (exact) mass is 646 g/mol. The Kier molecular flexibility index (Phi) is 8.22. The van der Waals surface area contributed by atoms with E-state index in [2.05, 4.69) is 163 Å². The van der Waals surface area contributed by atoms with Crippen molar-refractivity contribution in [2.24, 2.45) is 5.92 Å². The maximum atomic E-state index is 5.15. The van der Waals surface area contributed by atoms with Crippen molar-refractivity contribution in [2.75, 3.05) is 0 Å². The van der Waals surface area contributed by atoms with Crippen LogP contribution in [0.2, 0.25) is 0 Å². The van der Waals surface area contributed by atoms with Gasteiger partial charge in [0.15, 0.2) is 0 Å². The fourth-order valence-corrected chi connectivity index (χ4v) is 8.49. The zero-order valence-corrected chi connectivity index (χ0v) is 28.4. The first kappa shape index (κ1) is 30.6. The molecule has 244 valence electrons. The molecular formula is C48H42N2. The van der Waals surface area contributed by atoms with Gasteiger partial charge in [-0.15, -0.1) is 0 Å². The molecule has 2 nitrogen and oxygen atoms in total. The molecule has 3 unspecified atom stereocenters. The Balaban J connectivity index is 1.17. The first-order valence-corrected chi connectivity index (χ1v) is 18.3. The van der Waals surface area contributed by atoms with Crippen LogP contribution in [0.15, 0.2) is 157 Å². The molecule has 0 radical (unpaired) electrons. The van der Waals surface area contributed by atoms with Gasteiger partial charge < -0.3 is 5.32 Å². The first-order valence-electron chi connectivity index (χ1n) is 18.3. The molecule has 9 rings (SSSR count). The standard InChI is InChI=1S/C48H42N2/c1-4-14-33(15-5-1)37-24-25-46(49-32-37)41-27-38(26-40(28-41)45-29-36-20-10-11-21-42(36)43-22-12-13-23-44(43)45)39-30-47(34-16-6-2-7-17-34)50-48(31-39)35-18-8-3-9-19-35/h2-4,6-12,14-22,24-25,27,29-32,38,40,47,50H,1,5,13,23,26,28H2. The third kappa shape index (κ3) is 6.00. The second-order valence-corrected chi connectivity index (χ2v) is 14.2. The molecule has 4 aliphatic rings. The molecule has 3 aliphatic carbocycles. The van der Waals surface area contributed by atoms with Gasteiger partial charge in [-0.05, 0) is 117 Å². The minimum absolute atomic E-state index is 0.0939. The van der Waals surface area contributed by atoms with E-state index >= 15 is 0 Å². The molecule has 0 fully saturated rings. The van der Waals surface area contributed by atoms with Crippen LogP contribution < -0.4 is 5.32 Å². The number of nitrogens with zero attached hydrogens (tertiary/aromatic N) is 1. The number of dihydropyridines is 1. The van der Waals surface area contributed by atoms with Crippen LogP contribution in [-0.2, 0) is 6.42 Å². The quantitative estimate of drug-likeness (QED) is 0.199. The van der Waals surface area contributed by atoms with Crippen LogP contribution in [0.5, 0.6) is 0 Å². The third-order valence-corrected chi connectivity index (χ3v) is 11.0. The SMILES string of the molecule is C1=CC(c2ccc(C3=CC(C4=CC(c5ccccc5)NC(c5ccccc5)=C4)CC(c4cc5ccccc5c5c4CCC=C5)C3)nc2)=CCC1. The van der Waals surface area contributed by atoms with Crippen LogP contribution in [0.4, 0.5) is 0 Å². The Hall–Kier alpha value is -5.47. The lowest BCUT2D eigenvalue weighted by Crippen LogP contribution is -2.25. The van der Waals surface area contributed by atoms with Crippen molar-refractivity contribution in [2.45, 2.75) is 50.5 Å². The van der Waals surface area contributed by atoms with Crippen molar-refractivity contribution in [1.29, 1.82) is 0 Å². The van der Waals surface area contributed by atoms with Gasteiger partial charge in [-0.2, -0.15) is 0 Å². The van der Waals surface area contributed by atoms with E-state index < -0.39 is 0 Å². The van der Waals surface area contributed by atoms with Gasteiger partial charge in [-0.3, -0.25) is 4.98 Å². The van der Waals surface area contributed by atoms with E-state index in [1.165, 1.54) is 66.6 Å². The minimum Gasteiger partial charge on any atom is -0.374 e. The van der Waals surface area contributed by atoms with Crippen LogP contribution in [0.3, 0.4) is 0 Å². The Labute approximate surface area is 296 Å². The summed E-state index contributed by atoms with van der Waals surface area (Å²) in [4.78, 5) is 5.15. The van der Waals surface area contributed by atoms with Gasteiger partial charge >= 0.3 is 0 Å². The number of hydrogen-bond donors (Lipinski definition) is 1. The molecule has 0 saturated heterocycles. The highest BCUT2D eigenvalue weighted by Gasteiger charge is 2.31. The van der Waals surface area contributed by atoms with Crippen molar-refractivity contribution in [3.8, 4) is 0 Å². The number of benzene rings is 4. The average Bonchev–Trinajstić information content (AvgIpc) is 3.21. The van der Waals surface area contributed by atoms with Gasteiger partial charge in [0.2, 0.25) is 0 Å². The van der Waals surface area contributed by atoms with E-state index in [9.17, 15) is 0 Å². The van der Waals surface area contributed by atoms with Crippen molar-refractivity contribution in [1.82, 2.24) is 10.3 Å². The molecule has 1 N–H and O–H groups in total. The van der Waals surface area contributed by atoms with Crippen LogP contribution in [-0.4, -0.2) is 4.98 Å². The number of rotatable bonds is 6. The summed E-state index contributed by atoms with van der Waals surface area (Å²) >= 11 is 0. The van der Waals surface area contributed by atoms with E-state index in [1.807, 2.05) is 0 Å². The Bertz CT molecular complexity index is 2230. The number of hydrogen-bond acceptors (Lipinski definition) is 2. The number of aromatic nitrogens is 1. The number of nitrogens with one attached hydrogen (secondary N) is 1. The summed E-state index contributed by atoms with van der Waals surface area (Å²) < 4.78 is 0. The summed E-state index contributed by atoms with van der Waals surface area (Å²) in [5.41, 5.74) is 14.5. The molecule has 0 amide bonds. The van der Waals surface area contributed by atoms with E-state index in [4.69, 9.17) is 4.98 Å². The lowest BCUT2D eigenvalue weighted by molar-refractivity contribution is 0.536. The highest BCUT2D eigenvalue weighted by Crippen LogP contribution is 2.47. The molecule has 1 aromatic heterocycles. The first-order chi connectivity index (χ1) is 24.8. The predicted molar refractivity (Wildman–Crippen MR) is 210 cm³/mol. The van der Waals surface area contributed by atoms with Crippen LogP contribution >= 0.6 is 0 Å². The zero-order valence-electron chi connectivity index (χ0n) is 28.4. The topological polar surface area (TPSA) is 24.9 Å². The van der Waals surface area contributed by atoms with Crippen LogP contribution in [0.1, 0.15) is 83.1 Å². The Morgan fingerprint density at radius 2 is 1.54 bits per heavy atom. The summed E-state index contributed by atoms with van der Waals surface area (Å²) in [6, 6.07) is 37.8. The lowest BCUT2D eigenvalue weighted by Gasteiger charge is -2.34. The van der Waals surface area contributed by atoms with Crippen molar-refractivity contribution in [3.05, 3.63) is 197 Å². The average molecular weight is 647 g/mol. The summed E-state index contributed by atoms with van der Waals surface area (Å²) in [5.74, 6) is 0.636. The Morgan fingerprint density at radius 3 is 2.36 bits per heavy atom. The van der Waals surface area contributed by atoms with Crippen LogP contribution in [0, 0.1) is 5.92 Å². The van der Waals surface area contributed by atoms with E-state index in [0.717, 1.165) is 44.2 Å². The highest BCUT2D eigenvalue weighted by atomic mass is 14.9. The third-order valence-electron chi connectivity index (χ3n) is 11.0. The van der Waals surface area contributed by atoms with Gasteiger partial charge in [0, 0.05) is 17.8 Å². The molecule has 0 saturated carbocycles. The largest absolute Gasteiger partial charge is 0.374 e. The summed E-state index contributed by atoms with van der Waals surface area (Å²) in [7, 11) is 0. The Morgan fingerprint density at radius 1 is 0.720 bits per heavy atom. The summed E-state index contributed by atoms with van der Waals surface area (Å²) in [5, 5.41) is 6.58. The van der Waals surface area contributed by atoms with E-state index in [1.54, 1.807) is 0 Å². The fraction of sp³-hybridized carbons (Fsp3) is 0.188. The molecule has 0 spiro atoms. The maximum absolute atomic E-state index is 5.15. The minimum atomic E-state index is 0.0939. The van der Waals surface area contributed by atoms with Gasteiger partial charge in [0.25, 0.3) is 0 Å². The number of allylic oxidation sites excluding steroid dienone is 9. The molecule has 4 aromatic carbocycles. The molecule has 50 heavy (non-hydrogen) atoms. The maximum Gasteiger partial charge on any atom is 0.0704 e. The molecule has 0 bridgehead atoms. The normalized spacial score (nSPS) is 21.4. The zero-order chi connectivity index (χ0) is 33.3. The van der Waals surface area contributed by atoms with Gasteiger partial charge in [-0.25, -0.2) is 0 Å². The second-order valence-electron chi connectivity index (χ2n) is 14.2. The highest BCUT2D eigenvalue weighted by molar-refractivity contribution is 5.93. The fourth-order valence-electron chi connectivity index (χ4n) is 8.49. The smallest absolute Gasteiger partial charge is 0.0704 e. The van der Waals surface area contributed by atoms with Crippen molar-refractivity contribution in [3.63, 3.8) is 0 Å². The summed E-state index contributed by atoms with van der Waals surface area (Å²) in [6.07, 6.45) is 27.6. The van der Waals surface area contributed by atoms with Gasteiger partial charge in [0.05, 0.1) is 11.7 Å². The number of fused-ring (bicyclic) bond motifs is 3. The molecular weight excluding hydrogens is 605 g/mol. The molecule has 1 aliphatic heterocycles. The molecule has 2 heterocycles. The van der Waals surface area contributed by atoms with Gasteiger partial charge in [0.1, 0.15) is 0 Å². The summed E-state index contributed by atoms with van der Waals surface area (Å²) in [6.45, 7) is 0. The van der Waals surface area contributed by atoms with Crippen LogP contribution in [0.25, 0.3) is 33.7 Å². The predicted octanol–water partition coefficient (Wildman–Crippen LogP) is 11.8. The van der Waals surface area contributed by atoms with E-state index in [-0.39, 0.29) is 12.0 Å². The lowest BCUT2D eigenvalue weighted by atomic mass is 9.71. The molecule has 2 heteroatoms.